The summed E-state index contributed by atoms with van der Waals surface area (Å²) in [4.78, 5) is 11.5. The molecule has 4 heteroatoms. The largest absolute Gasteiger partial charge is 0.381 e. The van der Waals surface area contributed by atoms with Crippen LogP contribution in [0, 0.1) is 0 Å². The minimum Gasteiger partial charge on any atom is -0.381 e. The van der Waals surface area contributed by atoms with Crippen LogP contribution in [0.3, 0.4) is 0 Å². The van der Waals surface area contributed by atoms with E-state index in [0.717, 1.165) is 12.8 Å². The molecule has 1 radical (unpaired) electrons. The van der Waals surface area contributed by atoms with Gasteiger partial charge in [0.25, 0.3) is 5.91 Å². The lowest BCUT2D eigenvalue weighted by Crippen LogP contribution is -2.50. The van der Waals surface area contributed by atoms with E-state index < -0.39 is 17.1 Å². The zero-order valence-corrected chi connectivity index (χ0v) is 10.6. The van der Waals surface area contributed by atoms with Crippen molar-refractivity contribution in [3.05, 3.63) is 0 Å². The Morgan fingerprint density at radius 2 is 1.81 bits per heavy atom. The van der Waals surface area contributed by atoms with Gasteiger partial charge in [0.05, 0.1) is 11.7 Å². The Bertz CT molecular complexity index is 249. The first-order valence-corrected chi connectivity index (χ1v) is 5.78. The van der Waals surface area contributed by atoms with Crippen LogP contribution in [-0.4, -0.2) is 30.3 Å². The van der Waals surface area contributed by atoms with E-state index >= 15 is 0 Å². The molecule has 0 heterocycles. The van der Waals surface area contributed by atoms with Crippen molar-refractivity contribution in [2.75, 3.05) is 7.11 Å². The van der Waals surface area contributed by atoms with Gasteiger partial charge < -0.3 is 9.47 Å². The summed E-state index contributed by atoms with van der Waals surface area (Å²) in [6.07, 6.45) is 2.96. The molecule has 93 valence electrons. The number of nitrogens with one attached hydrogen (secondary N) is 1. The van der Waals surface area contributed by atoms with Crippen LogP contribution < -0.4 is 5.73 Å². The zero-order valence-electron chi connectivity index (χ0n) is 10.6. The van der Waals surface area contributed by atoms with Gasteiger partial charge in [0, 0.05) is 7.11 Å². The number of rotatable bonds is 3. The summed E-state index contributed by atoms with van der Waals surface area (Å²) < 4.78 is 11.1. The monoisotopic (exact) mass is 228 g/mol. The molecular formula is C12H22NO3. The Hall–Kier alpha value is -0.610. The number of carbonyl (C=O) groups excluding carboxylic acids is 1. The molecule has 0 aliphatic heterocycles. The molecule has 1 aliphatic carbocycles. The Kier molecular flexibility index (Phi) is 3.97. The molecule has 0 aromatic heterocycles. The second-order valence-electron chi connectivity index (χ2n) is 5.47. The van der Waals surface area contributed by atoms with Crippen LogP contribution in [0.25, 0.3) is 0 Å². The molecular weight excluding hydrogens is 206 g/mol. The van der Waals surface area contributed by atoms with Gasteiger partial charge in [-0.1, -0.05) is 0 Å². The lowest BCUT2D eigenvalue weighted by atomic mass is 9.82. The topological polar surface area (TPSA) is 59.3 Å². The SMILES string of the molecule is COC1CCC(OC(C)(C)C)(C([NH])=O)CC1. The minimum atomic E-state index is -0.909. The first-order valence-electron chi connectivity index (χ1n) is 5.78. The summed E-state index contributed by atoms with van der Waals surface area (Å²) >= 11 is 0. The van der Waals surface area contributed by atoms with Gasteiger partial charge >= 0.3 is 0 Å². The van der Waals surface area contributed by atoms with E-state index in [9.17, 15) is 4.79 Å². The van der Waals surface area contributed by atoms with Crippen molar-refractivity contribution in [3.8, 4) is 0 Å². The molecule has 0 spiro atoms. The van der Waals surface area contributed by atoms with Gasteiger partial charge in [0.15, 0.2) is 0 Å². The van der Waals surface area contributed by atoms with Gasteiger partial charge in [-0.05, 0) is 46.5 Å². The summed E-state index contributed by atoms with van der Waals surface area (Å²) in [7, 11) is 1.69. The highest BCUT2D eigenvalue weighted by atomic mass is 16.5. The molecule has 0 saturated heterocycles. The predicted octanol–water partition coefficient (Wildman–Crippen LogP) is 1.94. The third-order valence-corrected chi connectivity index (χ3v) is 2.99. The van der Waals surface area contributed by atoms with Crippen LogP contribution >= 0.6 is 0 Å². The Morgan fingerprint density at radius 1 is 1.31 bits per heavy atom. The van der Waals surface area contributed by atoms with Crippen molar-refractivity contribution >= 4 is 5.91 Å². The number of methoxy groups -OCH3 is 1. The van der Waals surface area contributed by atoms with Crippen LogP contribution in [-0.2, 0) is 14.3 Å². The van der Waals surface area contributed by atoms with Gasteiger partial charge in [-0.15, -0.1) is 0 Å². The smallest absolute Gasteiger partial charge is 0.270 e. The number of ether oxygens (including phenoxy) is 2. The Balaban J connectivity index is 2.73. The molecule has 0 atom stereocenters. The standard InChI is InChI=1S/C12H22NO3/c1-11(2,3)16-12(10(13)14)7-5-9(15-4)6-8-12/h9,13H,5-8H2,1-4H3. The fourth-order valence-electron chi connectivity index (χ4n) is 2.25. The number of amides is 1. The fraction of sp³-hybridized carbons (Fsp3) is 0.917. The van der Waals surface area contributed by atoms with Crippen LogP contribution in [0.1, 0.15) is 46.5 Å². The first-order chi connectivity index (χ1) is 7.29. The van der Waals surface area contributed by atoms with Crippen molar-refractivity contribution in [2.45, 2.75) is 63.8 Å². The number of carbonyl (C=O) groups is 1. The van der Waals surface area contributed by atoms with Crippen molar-refractivity contribution < 1.29 is 14.3 Å². The quantitative estimate of drug-likeness (QED) is 0.741. The molecule has 0 bridgehead atoms. The third-order valence-electron chi connectivity index (χ3n) is 2.99. The average Bonchev–Trinajstić information content (AvgIpc) is 2.16. The second-order valence-corrected chi connectivity index (χ2v) is 5.47. The van der Waals surface area contributed by atoms with E-state index in [4.69, 9.17) is 15.2 Å². The molecule has 4 nitrogen and oxygen atoms in total. The van der Waals surface area contributed by atoms with Crippen molar-refractivity contribution in [3.63, 3.8) is 0 Å². The van der Waals surface area contributed by atoms with Crippen molar-refractivity contribution in [1.29, 1.82) is 0 Å². The lowest BCUT2D eigenvalue weighted by Gasteiger charge is -2.41. The summed E-state index contributed by atoms with van der Waals surface area (Å²) in [5.41, 5.74) is 6.12. The molecule has 1 amide bonds. The summed E-state index contributed by atoms with van der Waals surface area (Å²) in [5.74, 6) is -0.600. The van der Waals surface area contributed by atoms with E-state index in [1.165, 1.54) is 0 Å². The summed E-state index contributed by atoms with van der Waals surface area (Å²) in [6, 6.07) is 0. The molecule has 0 unspecified atom stereocenters. The van der Waals surface area contributed by atoms with Crippen LogP contribution in [0.5, 0.6) is 0 Å². The number of hydrogen-bond donors (Lipinski definition) is 0. The maximum absolute atomic E-state index is 11.5. The molecule has 1 N–H and O–H groups in total. The fourth-order valence-corrected chi connectivity index (χ4v) is 2.25. The second kappa shape index (κ2) is 4.72. The highest BCUT2D eigenvalue weighted by molar-refractivity contribution is 5.83. The van der Waals surface area contributed by atoms with Gasteiger partial charge in [0.2, 0.25) is 0 Å². The lowest BCUT2D eigenvalue weighted by molar-refractivity contribution is -0.178. The molecule has 0 aromatic rings. The molecule has 1 fully saturated rings. The molecule has 0 aromatic carbocycles. The molecule has 1 aliphatic rings. The van der Waals surface area contributed by atoms with Crippen LogP contribution in [0.2, 0.25) is 0 Å². The average molecular weight is 228 g/mol. The Labute approximate surface area is 97.5 Å². The highest BCUT2D eigenvalue weighted by Gasteiger charge is 2.44. The maximum Gasteiger partial charge on any atom is 0.270 e. The molecule has 1 saturated carbocycles. The first kappa shape index (κ1) is 13.5. The molecule has 16 heavy (non-hydrogen) atoms. The van der Waals surface area contributed by atoms with Gasteiger partial charge in [-0.2, -0.15) is 0 Å². The highest BCUT2D eigenvalue weighted by Crippen LogP contribution is 2.36. The van der Waals surface area contributed by atoms with Gasteiger partial charge in [0.1, 0.15) is 5.60 Å². The van der Waals surface area contributed by atoms with Crippen LogP contribution in [0.15, 0.2) is 0 Å². The van der Waals surface area contributed by atoms with E-state index in [-0.39, 0.29) is 6.10 Å². The molecule has 1 rings (SSSR count). The summed E-state index contributed by atoms with van der Waals surface area (Å²) in [5, 5.41) is 0. The van der Waals surface area contributed by atoms with E-state index in [1.807, 2.05) is 20.8 Å². The normalized spacial score (nSPS) is 31.4. The third kappa shape index (κ3) is 3.19. The minimum absolute atomic E-state index is 0.205. The predicted molar refractivity (Wildman–Crippen MR) is 60.9 cm³/mol. The summed E-state index contributed by atoms with van der Waals surface area (Å²) in [6.45, 7) is 5.75. The van der Waals surface area contributed by atoms with Gasteiger partial charge in [-0.3, -0.25) is 10.5 Å². The van der Waals surface area contributed by atoms with Gasteiger partial charge in [-0.25, -0.2) is 0 Å². The van der Waals surface area contributed by atoms with E-state index in [1.54, 1.807) is 7.11 Å². The Morgan fingerprint density at radius 3 is 2.12 bits per heavy atom. The van der Waals surface area contributed by atoms with Crippen LogP contribution in [0.4, 0.5) is 0 Å². The van der Waals surface area contributed by atoms with E-state index in [0.29, 0.717) is 12.8 Å². The van der Waals surface area contributed by atoms with E-state index in [2.05, 4.69) is 0 Å². The van der Waals surface area contributed by atoms with Crippen molar-refractivity contribution in [2.24, 2.45) is 0 Å². The maximum atomic E-state index is 11.5. The van der Waals surface area contributed by atoms with Crippen molar-refractivity contribution in [1.82, 2.24) is 5.73 Å². The zero-order chi connectivity index (χ0) is 12.4. The number of hydrogen-bond acceptors (Lipinski definition) is 3.